The third kappa shape index (κ3) is 3.37. The summed E-state index contributed by atoms with van der Waals surface area (Å²) in [5.41, 5.74) is -0.504. The molecule has 0 fully saturated rings. The van der Waals surface area contributed by atoms with Gasteiger partial charge in [-0.25, -0.2) is 12.8 Å². The molecule has 0 unspecified atom stereocenters. The molecule has 110 valence electrons. The van der Waals surface area contributed by atoms with Crippen LogP contribution in [0.5, 0.6) is 0 Å². The van der Waals surface area contributed by atoms with Crippen LogP contribution >= 0.6 is 11.6 Å². The molecule has 2 aromatic carbocycles. The van der Waals surface area contributed by atoms with Crippen LogP contribution in [0.3, 0.4) is 0 Å². The molecule has 2 aromatic rings. The van der Waals surface area contributed by atoms with Crippen molar-refractivity contribution in [3.8, 4) is 0 Å². The Labute approximate surface area is 125 Å². The van der Waals surface area contributed by atoms with Gasteiger partial charge in [-0.05, 0) is 24.3 Å². The molecule has 0 radical (unpaired) electrons. The van der Waals surface area contributed by atoms with Crippen LogP contribution < -0.4 is 0 Å². The highest BCUT2D eigenvalue weighted by atomic mass is 35.5. The number of nitrogens with zero attached hydrogens (tertiary/aromatic N) is 1. The van der Waals surface area contributed by atoms with E-state index in [-0.39, 0.29) is 21.2 Å². The van der Waals surface area contributed by atoms with Gasteiger partial charge >= 0.3 is 0 Å². The second-order valence-electron chi connectivity index (χ2n) is 4.21. The molecule has 0 heterocycles. The van der Waals surface area contributed by atoms with Crippen molar-refractivity contribution in [3.05, 3.63) is 69.0 Å². The van der Waals surface area contributed by atoms with Crippen LogP contribution in [0, 0.1) is 15.9 Å². The van der Waals surface area contributed by atoms with E-state index in [1.165, 1.54) is 30.3 Å². The summed E-state index contributed by atoms with van der Waals surface area (Å²) in [7, 11) is -3.94. The molecular weight excluding hydrogens is 321 g/mol. The highest BCUT2D eigenvalue weighted by molar-refractivity contribution is 7.90. The van der Waals surface area contributed by atoms with Crippen molar-refractivity contribution >= 4 is 27.1 Å². The summed E-state index contributed by atoms with van der Waals surface area (Å²) in [5, 5.41) is 10.9. The van der Waals surface area contributed by atoms with E-state index in [1.807, 2.05) is 0 Å². The minimum absolute atomic E-state index is 0.0239. The summed E-state index contributed by atoms with van der Waals surface area (Å²) in [6.45, 7) is 0. The number of hydrogen-bond donors (Lipinski definition) is 0. The van der Waals surface area contributed by atoms with Crippen molar-refractivity contribution in [3.63, 3.8) is 0 Å². The zero-order valence-electron chi connectivity index (χ0n) is 10.5. The molecule has 0 spiro atoms. The van der Waals surface area contributed by atoms with E-state index < -0.39 is 26.3 Å². The molecule has 0 saturated heterocycles. The van der Waals surface area contributed by atoms with E-state index in [4.69, 9.17) is 11.6 Å². The Morgan fingerprint density at radius 1 is 1.19 bits per heavy atom. The van der Waals surface area contributed by atoms with Gasteiger partial charge in [0, 0.05) is 6.07 Å². The van der Waals surface area contributed by atoms with Crippen LogP contribution in [0.15, 0.2) is 47.4 Å². The average Bonchev–Trinajstić information content (AvgIpc) is 2.40. The molecule has 0 bridgehead atoms. The first-order chi connectivity index (χ1) is 9.81. The first kappa shape index (κ1) is 15.4. The van der Waals surface area contributed by atoms with Crippen molar-refractivity contribution in [2.75, 3.05) is 0 Å². The average molecular weight is 330 g/mol. The van der Waals surface area contributed by atoms with Gasteiger partial charge in [-0.2, -0.15) is 0 Å². The largest absolute Gasteiger partial charge is 0.275 e. The first-order valence-corrected chi connectivity index (χ1v) is 7.74. The SMILES string of the molecule is O=[N+]([O-])c1cccc(Cl)c1CS(=O)(=O)c1cccc(F)c1. The van der Waals surface area contributed by atoms with E-state index >= 15 is 0 Å². The number of rotatable bonds is 4. The second kappa shape index (κ2) is 5.79. The Kier molecular flexibility index (Phi) is 4.24. The highest BCUT2D eigenvalue weighted by Crippen LogP contribution is 2.30. The van der Waals surface area contributed by atoms with Crippen molar-refractivity contribution in [1.29, 1.82) is 0 Å². The summed E-state index contributed by atoms with van der Waals surface area (Å²) in [5.74, 6) is -1.38. The number of hydrogen-bond acceptors (Lipinski definition) is 4. The quantitative estimate of drug-likeness (QED) is 0.636. The standard InChI is InChI=1S/C13H9ClFNO4S/c14-12-5-2-6-13(16(17)18)11(12)8-21(19,20)10-4-1-3-9(15)7-10/h1-7H,8H2. The predicted molar refractivity (Wildman–Crippen MR) is 75.4 cm³/mol. The van der Waals surface area contributed by atoms with E-state index in [0.717, 1.165) is 12.1 Å². The van der Waals surface area contributed by atoms with Gasteiger partial charge in [-0.3, -0.25) is 10.1 Å². The summed E-state index contributed by atoms with van der Waals surface area (Å²) in [6, 6.07) is 8.34. The van der Waals surface area contributed by atoms with Crippen molar-refractivity contribution in [2.45, 2.75) is 10.6 Å². The Balaban J connectivity index is 2.49. The molecule has 0 atom stereocenters. The third-order valence-corrected chi connectivity index (χ3v) is 4.78. The Morgan fingerprint density at radius 3 is 2.48 bits per heavy atom. The van der Waals surface area contributed by atoms with Gasteiger partial charge in [-0.1, -0.05) is 23.7 Å². The maximum Gasteiger partial charge on any atom is 0.275 e. The van der Waals surface area contributed by atoms with Crippen LogP contribution in [-0.4, -0.2) is 13.3 Å². The van der Waals surface area contributed by atoms with Crippen molar-refractivity contribution in [1.82, 2.24) is 0 Å². The molecule has 0 amide bonds. The molecular formula is C13H9ClFNO4S. The lowest BCUT2D eigenvalue weighted by atomic mass is 10.2. The molecule has 0 saturated carbocycles. The fourth-order valence-corrected chi connectivity index (χ4v) is 3.54. The Morgan fingerprint density at radius 2 is 1.86 bits per heavy atom. The van der Waals surface area contributed by atoms with Crippen molar-refractivity contribution < 1.29 is 17.7 Å². The van der Waals surface area contributed by atoms with Gasteiger partial charge in [0.2, 0.25) is 0 Å². The minimum Gasteiger partial charge on any atom is -0.258 e. The third-order valence-electron chi connectivity index (χ3n) is 2.78. The number of nitro benzene ring substituents is 1. The number of benzene rings is 2. The topological polar surface area (TPSA) is 77.3 Å². The molecule has 21 heavy (non-hydrogen) atoms. The number of sulfone groups is 1. The molecule has 2 rings (SSSR count). The van der Waals surface area contributed by atoms with Crippen LogP contribution in [0.25, 0.3) is 0 Å². The van der Waals surface area contributed by atoms with Gasteiger partial charge in [0.15, 0.2) is 9.84 Å². The van der Waals surface area contributed by atoms with Gasteiger partial charge in [0.05, 0.1) is 26.2 Å². The Hall–Kier alpha value is -1.99. The molecule has 0 aliphatic rings. The van der Waals surface area contributed by atoms with Gasteiger partial charge in [0.25, 0.3) is 5.69 Å². The molecule has 0 aliphatic heterocycles. The maximum atomic E-state index is 13.1. The van der Waals surface area contributed by atoms with Crippen LogP contribution in [0.1, 0.15) is 5.56 Å². The Bertz CT molecular complexity index is 808. The molecule has 0 aliphatic carbocycles. The second-order valence-corrected chi connectivity index (χ2v) is 6.61. The van der Waals surface area contributed by atoms with Gasteiger partial charge < -0.3 is 0 Å². The number of nitro groups is 1. The minimum atomic E-state index is -3.94. The summed E-state index contributed by atoms with van der Waals surface area (Å²) >= 11 is 5.86. The van der Waals surface area contributed by atoms with Crippen molar-refractivity contribution in [2.24, 2.45) is 0 Å². The lowest BCUT2D eigenvalue weighted by Gasteiger charge is -2.07. The molecule has 0 aromatic heterocycles. The fourth-order valence-electron chi connectivity index (χ4n) is 1.80. The summed E-state index contributed by atoms with van der Waals surface area (Å²) < 4.78 is 37.6. The van der Waals surface area contributed by atoms with Crippen LogP contribution in [-0.2, 0) is 15.6 Å². The zero-order valence-corrected chi connectivity index (χ0v) is 12.1. The van der Waals surface area contributed by atoms with E-state index in [9.17, 15) is 22.9 Å². The van der Waals surface area contributed by atoms with E-state index in [1.54, 1.807) is 0 Å². The summed E-state index contributed by atoms with van der Waals surface area (Å²) in [6.07, 6.45) is 0. The smallest absolute Gasteiger partial charge is 0.258 e. The first-order valence-electron chi connectivity index (χ1n) is 5.71. The molecule has 0 N–H and O–H groups in total. The van der Waals surface area contributed by atoms with E-state index in [0.29, 0.717) is 0 Å². The van der Waals surface area contributed by atoms with Gasteiger partial charge in [0.1, 0.15) is 5.82 Å². The predicted octanol–water partition coefficient (Wildman–Crippen LogP) is 3.36. The maximum absolute atomic E-state index is 13.1. The highest BCUT2D eigenvalue weighted by Gasteiger charge is 2.24. The monoisotopic (exact) mass is 329 g/mol. The number of halogens is 2. The molecule has 5 nitrogen and oxygen atoms in total. The van der Waals surface area contributed by atoms with E-state index in [2.05, 4.69) is 0 Å². The summed E-state index contributed by atoms with van der Waals surface area (Å²) in [4.78, 5) is 9.98. The lowest BCUT2D eigenvalue weighted by Crippen LogP contribution is -2.08. The molecule has 8 heteroatoms. The van der Waals surface area contributed by atoms with Crippen LogP contribution in [0.2, 0.25) is 5.02 Å². The zero-order chi connectivity index (χ0) is 15.6. The lowest BCUT2D eigenvalue weighted by molar-refractivity contribution is -0.385. The van der Waals surface area contributed by atoms with Gasteiger partial charge in [-0.15, -0.1) is 0 Å². The van der Waals surface area contributed by atoms with Crippen LogP contribution in [0.4, 0.5) is 10.1 Å². The normalized spacial score (nSPS) is 11.3. The fraction of sp³-hybridized carbons (Fsp3) is 0.0769.